The quantitative estimate of drug-likeness (QED) is 0.638. The molecule has 0 radical (unpaired) electrons. The van der Waals surface area contributed by atoms with Crippen LogP contribution in [-0.2, 0) is 16.6 Å². The first-order valence-electron chi connectivity index (χ1n) is 8.01. The maximum absolute atomic E-state index is 12.6. The predicted octanol–water partition coefficient (Wildman–Crippen LogP) is 4.79. The second-order valence-electron chi connectivity index (χ2n) is 6.03. The molecule has 25 heavy (non-hydrogen) atoms. The van der Waals surface area contributed by atoms with Gasteiger partial charge in [-0.25, -0.2) is 0 Å². The molecule has 0 unspecified atom stereocenters. The van der Waals surface area contributed by atoms with Crippen LogP contribution in [0.15, 0.2) is 51.8 Å². The summed E-state index contributed by atoms with van der Waals surface area (Å²) in [5.41, 5.74) is 2.23. The van der Waals surface area contributed by atoms with E-state index in [0.717, 1.165) is 10.2 Å². The van der Waals surface area contributed by atoms with Crippen LogP contribution in [0.3, 0.4) is 0 Å². The standard InChI is InChI=1S/C18H19ClN2O2S2/c1-4-21-16-10-5-13(12(2)3)11-17(16)24-18(21)20-25(22,23)15-8-6-14(19)7-9-15/h5-12H,4H2,1-3H3/b20-18-. The monoisotopic (exact) mass is 394 g/mol. The number of rotatable bonds is 4. The number of halogens is 1. The van der Waals surface area contributed by atoms with E-state index < -0.39 is 10.0 Å². The van der Waals surface area contributed by atoms with Crippen LogP contribution in [0.5, 0.6) is 0 Å². The molecule has 4 nitrogen and oxygen atoms in total. The Bertz CT molecular complexity index is 1080. The van der Waals surface area contributed by atoms with E-state index >= 15 is 0 Å². The van der Waals surface area contributed by atoms with Gasteiger partial charge in [0.25, 0.3) is 10.0 Å². The molecule has 0 saturated carbocycles. The molecular formula is C18H19ClN2O2S2. The lowest BCUT2D eigenvalue weighted by Crippen LogP contribution is -2.16. The Balaban J connectivity index is 2.19. The van der Waals surface area contributed by atoms with Crippen molar-refractivity contribution in [2.75, 3.05) is 0 Å². The summed E-state index contributed by atoms with van der Waals surface area (Å²) in [5, 5.41) is 0.491. The summed E-state index contributed by atoms with van der Waals surface area (Å²) in [6.45, 7) is 6.91. The zero-order chi connectivity index (χ0) is 18.2. The van der Waals surface area contributed by atoms with Crippen molar-refractivity contribution in [1.29, 1.82) is 0 Å². The third-order valence-electron chi connectivity index (χ3n) is 4.00. The highest BCUT2D eigenvalue weighted by atomic mass is 35.5. The van der Waals surface area contributed by atoms with E-state index in [4.69, 9.17) is 11.6 Å². The second-order valence-corrected chi connectivity index (χ2v) is 9.08. The highest BCUT2D eigenvalue weighted by Gasteiger charge is 2.15. The molecule has 0 atom stereocenters. The number of hydrogen-bond acceptors (Lipinski definition) is 3. The summed E-state index contributed by atoms with van der Waals surface area (Å²) in [7, 11) is -3.78. The maximum Gasteiger partial charge on any atom is 0.285 e. The Hall–Kier alpha value is -1.63. The summed E-state index contributed by atoms with van der Waals surface area (Å²) in [6.07, 6.45) is 0. The average molecular weight is 395 g/mol. The molecule has 0 amide bonds. The van der Waals surface area contributed by atoms with Gasteiger partial charge < -0.3 is 4.57 Å². The van der Waals surface area contributed by atoms with Gasteiger partial charge in [0, 0.05) is 11.6 Å². The first kappa shape index (κ1) is 18.2. The Kier molecular flexibility index (Phi) is 5.04. The van der Waals surface area contributed by atoms with Crippen LogP contribution in [-0.4, -0.2) is 13.0 Å². The smallest absolute Gasteiger partial charge is 0.285 e. The number of benzene rings is 2. The molecule has 2 aromatic carbocycles. The second kappa shape index (κ2) is 6.94. The third kappa shape index (κ3) is 3.66. The average Bonchev–Trinajstić information content (AvgIpc) is 2.90. The van der Waals surface area contributed by atoms with E-state index in [-0.39, 0.29) is 4.90 Å². The molecule has 3 rings (SSSR count). The fourth-order valence-corrected chi connectivity index (χ4v) is 5.06. The Labute approximate surface area is 156 Å². The summed E-state index contributed by atoms with van der Waals surface area (Å²) < 4.78 is 32.3. The molecule has 0 N–H and O–H groups in total. The molecule has 0 saturated heterocycles. The van der Waals surface area contributed by atoms with Crippen LogP contribution in [0, 0.1) is 0 Å². The van der Waals surface area contributed by atoms with Gasteiger partial charge in [-0.1, -0.05) is 42.9 Å². The van der Waals surface area contributed by atoms with Gasteiger partial charge >= 0.3 is 0 Å². The molecule has 0 aliphatic carbocycles. The van der Waals surface area contributed by atoms with E-state index in [1.807, 2.05) is 17.6 Å². The van der Waals surface area contributed by atoms with Crippen molar-refractivity contribution < 1.29 is 8.42 Å². The van der Waals surface area contributed by atoms with Crippen molar-refractivity contribution in [3.05, 3.63) is 57.9 Å². The van der Waals surface area contributed by atoms with Gasteiger partial charge in [-0.3, -0.25) is 0 Å². The minimum atomic E-state index is -3.78. The van der Waals surface area contributed by atoms with Crippen molar-refractivity contribution in [2.45, 2.75) is 38.1 Å². The molecule has 0 spiro atoms. The minimum absolute atomic E-state index is 0.139. The van der Waals surface area contributed by atoms with Crippen molar-refractivity contribution in [3.8, 4) is 0 Å². The van der Waals surface area contributed by atoms with Crippen molar-refractivity contribution in [1.82, 2.24) is 4.57 Å². The van der Waals surface area contributed by atoms with Crippen LogP contribution in [0.1, 0.15) is 32.3 Å². The number of thiazole rings is 1. The van der Waals surface area contributed by atoms with Crippen molar-refractivity contribution in [2.24, 2.45) is 4.40 Å². The first-order valence-corrected chi connectivity index (χ1v) is 10.6. The fourth-order valence-electron chi connectivity index (χ4n) is 2.59. The summed E-state index contributed by atoms with van der Waals surface area (Å²) in [5.74, 6) is 0.416. The molecule has 0 fully saturated rings. The lowest BCUT2D eigenvalue weighted by atomic mass is 10.0. The molecular weight excluding hydrogens is 376 g/mol. The Morgan fingerprint density at radius 1 is 1.16 bits per heavy atom. The summed E-state index contributed by atoms with van der Waals surface area (Å²) in [6, 6.07) is 12.3. The molecule has 1 aromatic heterocycles. The zero-order valence-electron chi connectivity index (χ0n) is 14.2. The topological polar surface area (TPSA) is 51.4 Å². The van der Waals surface area contributed by atoms with Gasteiger partial charge in [0.05, 0.1) is 15.1 Å². The Morgan fingerprint density at radius 2 is 1.84 bits per heavy atom. The fraction of sp³-hybridized carbons (Fsp3) is 0.278. The molecule has 1 heterocycles. The van der Waals surface area contributed by atoms with Gasteiger partial charge in [-0.15, -0.1) is 4.40 Å². The lowest BCUT2D eigenvalue weighted by molar-refractivity contribution is 0.595. The first-order chi connectivity index (χ1) is 11.8. The van der Waals surface area contributed by atoms with Gasteiger partial charge in [-0.2, -0.15) is 8.42 Å². The van der Waals surface area contributed by atoms with Crippen LogP contribution < -0.4 is 4.80 Å². The van der Waals surface area contributed by atoms with Crippen LogP contribution in [0.25, 0.3) is 10.2 Å². The highest BCUT2D eigenvalue weighted by molar-refractivity contribution is 7.90. The molecule has 0 bridgehead atoms. The maximum atomic E-state index is 12.6. The summed E-state index contributed by atoms with van der Waals surface area (Å²) >= 11 is 7.23. The van der Waals surface area contributed by atoms with Gasteiger partial charge in [-0.05, 0) is 54.8 Å². The van der Waals surface area contributed by atoms with Gasteiger partial charge in [0.2, 0.25) is 4.80 Å². The number of fused-ring (bicyclic) bond motifs is 1. The normalized spacial score (nSPS) is 13.1. The minimum Gasteiger partial charge on any atom is -0.316 e. The van der Waals surface area contributed by atoms with Crippen molar-refractivity contribution in [3.63, 3.8) is 0 Å². The van der Waals surface area contributed by atoms with Crippen LogP contribution in [0.2, 0.25) is 5.02 Å². The van der Waals surface area contributed by atoms with Gasteiger partial charge in [0.1, 0.15) is 0 Å². The molecule has 132 valence electrons. The van der Waals surface area contributed by atoms with E-state index in [1.54, 1.807) is 12.1 Å². The number of hydrogen-bond donors (Lipinski definition) is 0. The SMILES string of the molecule is CCn1/c(=N/S(=O)(=O)c2ccc(Cl)cc2)sc2cc(C(C)C)ccc21. The van der Waals surface area contributed by atoms with E-state index in [2.05, 4.69) is 30.4 Å². The van der Waals surface area contributed by atoms with Gasteiger partial charge in [0.15, 0.2) is 0 Å². The van der Waals surface area contributed by atoms with Crippen LogP contribution in [0.4, 0.5) is 0 Å². The van der Waals surface area contributed by atoms with E-state index in [1.165, 1.54) is 29.0 Å². The number of aromatic nitrogens is 1. The van der Waals surface area contributed by atoms with E-state index in [0.29, 0.717) is 22.3 Å². The number of sulfonamides is 1. The number of nitrogens with zero attached hydrogens (tertiary/aromatic N) is 2. The number of aryl methyl sites for hydroxylation is 1. The molecule has 7 heteroatoms. The molecule has 0 aliphatic rings. The summed E-state index contributed by atoms with van der Waals surface area (Å²) in [4.78, 5) is 0.619. The highest BCUT2D eigenvalue weighted by Crippen LogP contribution is 2.24. The molecule has 0 aliphatic heterocycles. The largest absolute Gasteiger partial charge is 0.316 e. The van der Waals surface area contributed by atoms with E-state index in [9.17, 15) is 8.42 Å². The predicted molar refractivity (Wildman–Crippen MR) is 104 cm³/mol. The Morgan fingerprint density at radius 3 is 2.44 bits per heavy atom. The van der Waals surface area contributed by atoms with Crippen molar-refractivity contribution >= 4 is 43.2 Å². The lowest BCUT2D eigenvalue weighted by Gasteiger charge is -2.05. The third-order valence-corrected chi connectivity index (χ3v) is 6.69. The zero-order valence-corrected chi connectivity index (χ0v) is 16.6. The molecule has 3 aromatic rings. The van der Waals surface area contributed by atoms with Crippen LogP contribution >= 0.6 is 22.9 Å².